The van der Waals surface area contributed by atoms with E-state index in [1.807, 2.05) is 0 Å². The van der Waals surface area contributed by atoms with E-state index in [4.69, 9.17) is 18.6 Å². The van der Waals surface area contributed by atoms with Crippen molar-refractivity contribution >= 4 is 16.9 Å². The van der Waals surface area contributed by atoms with Crippen LogP contribution in [0, 0.1) is 0 Å². The summed E-state index contributed by atoms with van der Waals surface area (Å²) in [6, 6.07) is 12.7. The molecule has 0 N–H and O–H groups in total. The molecule has 6 heteroatoms. The maximum Gasteiger partial charge on any atom is 0.351 e. The lowest BCUT2D eigenvalue weighted by Crippen LogP contribution is -2.12. The van der Waals surface area contributed by atoms with E-state index < -0.39 is 11.6 Å². The number of esters is 1. The molecule has 0 saturated heterocycles. The van der Waals surface area contributed by atoms with Gasteiger partial charge in [0, 0.05) is 17.5 Å². The van der Waals surface area contributed by atoms with Crippen LogP contribution in [0.4, 0.5) is 0 Å². The van der Waals surface area contributed by atoms with E-state index in [2.05, 4.69) is 0 Å². The third-order valence-corrected chi connectivity index (χ3v) is 3.44. The van der Waals surface area contributed by atoms with Crippen molar-refractivity contribution in [3.8, 4) is 17.2 Å². The zero-order chi connectivity index (χ0) is 17.1. The number of methoxy groups -OCH3 is 2. The molecule has 6 nitrogen and oxygen atoms in total. The third-order valence-electron chi connectivity index (χ3n) is 3.44. The van der Waals surface area contributed by atoms with Gasteiger partial charge in [0.2, 0.25) is 0 Å². The molecule has 0 radical (unpaired) electrons. The molecule has 0 aliphatic carbocycles. The van der Waals surface area contributed by atoms with Crippen LogP contribution in [0.3, 0.4) is 0 Å². The number of hydrogen-bond donors (Lipinski definition) is 0. The fourth-order valence-corrected chi connectivity index (χ4v) is 2.31. The molecule has 0 bridgehead atoms. The maximum absolute atomic E-state index is 12.5. The molecule has 0 aliphatic rings. The highest BCUT2D eigenvalue weighted by molar-refractivity contribution is 5.97. The van der Waals surface area contributed by atoms with Crippen LogP contribution >= 0.6 is 0 Å². The van der Waals surface area contributed by atoms with E-state index in [-0.39, 0.29) is 11.3 Å². The Hall–Kier alpha value is -3.28. The molecule has 122 valence electrons. The summed E-state index contributed by atoms with van der Waals surface area (Å²) in [5, 5.41) is 0.726. The van der Waals surface area contributed by atoms with E-state index in [0.717, 1.165) is 5.39 Å². The molecular formula is C18H14O6. The van der Waals surface area contributed by atoms with Gasteiger partial charge < -0.3 is 18.6 Å². The third kappa shape index (κ3) is 2.94. The molecule has 0 atom stereocenters. The Morgan fingerprint density at radius 1 is 0.958 bits per heavy atom. The SMILES string of the molecule is COc1cccc(OC)c1C(=O)Oc1ccc2ccc(=O)oc2c1. The van der Waals surface area contributed by atoms with Gasteiger partial charge in [-0.3, -0.25) is 0 Å². The summed E-state index contributed by atoms with van der Waals surface area (Å²) in [5.74, 6) is 0.287. The first kappa shape index (κ1) is 15.6. The summed E-state index contributed by atoms with van der Waals surface area (Å²) in [4.78, 5) is 23.8. The van der Waals surface area contributed by atoms with Gasteiger partial charge in [0.05, 0.1) is 14.2 Å². The number of carbonyl (C=O) groups excluding carboxylic acids is 1. The van der Waals surface area contributed by atoms with Gasteiger partial charge in [-0.1, -0.05) is 6.07 Å². The summed E-state index contributed by atoms with van der Waals surface area (Å²) < 4.78 is 20.8. The largest absolute Gasteiger partial charge is 0.496 e. The summed E-state index contributed by atoms with van der Waals surface area (Å²) in [5.41, 5.74) is 0.0364. The van der Waals surface area contributed by atoms with Crippen LogP contribution in [0.15, 0.2) is 57.7 Å². The molecular weight excluding hydrogens is 312 g/mol. The Morgan fingerprint density at radius 3 is 2.29 bits per heavy atom. The van der Waals surface area contributed by atoms with E-state index in [1.54, 1.807) is 36.4 Å². The summed E-state index contributed by atoms with van der Waals surface area (Å²) in [6.45, 7) is 0. The van der Waals surface area contributed by atoms with Gasteiger partial charge >= 0.3 is 11.6 Å². The first-order valence-corrected chi connectivity index (χ1v) is 7.09. The minimum Gasteiger partial charge on any atom is -0.496 e. The van der Waals surface area contributed by atoms with Gasteiger partial charge in [-0.05, 0) is 30.3 Å². The van der Waals surface area contributed by atoms with Gasteiger partial charge in [-0.2, -0.15) is 0 Å². The lowest BCUT2D eigenvalue weighted by Gasteiger charge is -2.12. The Balaban J connectivity index is 1.97. The predicted molar refractivity (Wildman–Crippen MR) is 87.0 cm³/mol. The smallest absolute Gasteiger partial charge is 0.351 e. The molecule has 0 amide bonds. The lowest BCUT2D eigenvalue weighted by atomic mass is 10.1. The van der Waals surface area contributed by atoms with Crippen LogP contribution in [0.2, 0.25) is 0 Å². The van der Waals surface area contributed by atoms with Crippen LogP contribution in [-0.4, -0.2) is 20.2 Å². The average molecular weight is 326 g/mol. The predicted octanol–water partition coefficient (Wildman–Crippen LogP) is 3.03. The normalized spacial score (nSPS) is 10.4. The second kappa shape index (κ2) is 6.45. The van der Waals surface area contributed by atoms with Crippen LogP contribution in [0.25, 0.3) is 11.0 Å². The molecule has 3 rings (SSSR count). The number of rotatable bonds is 4. The Morgan fingerprint density at radius 2 is 1.62 bits per heavy atom. The molecule has 1 heterocycles. The van der Waals surface area contributed by atoms with Crippen molar-refractivity contribution in [3.05, 3.63) is 64.5 Å². The van der Waals surface area contributed by atoms with E-state index in [9.17, 15) is 9.59 Å². The zero-order valence-corrected chi connectivity index (χ0v) is 13.1. The van der Waals surface area contributed by atoms with Crippen molar-refractivity contribution in [2.75, 3.05) is 14.2 Å². The summed E-state index contributed by atoms with van der Waals surface area (Å²) >= 11 is 0. The number of hydrogen-bond acceptors (Lipinski definition) is 6. The molecule has 3 aromatic rings. The highest BCUT2D eigenvalue weighted by Crippen LogP contribution is 2.30. The van der Waals surface area contributed by atoms with Crippen LogP contribution in [0.1, 0.15) is 10.4 Å². The Labute approximate surface area is 137 Å². The number of carbonyl (C=O) groups is 1. The average Bonchev–Trinajstić information content (AvgIpc) is 2.60. The van der Waals surface area contributed by atoms with Gasteiger partial charge in [-0.25, -0.2) is 9.59 Å². The molecule has 0 spiro atoms. The molecule has 0 aliphatic heterocycles. The Bertz CT molecular complexity index is 935. The minimum absolute atomic E-state index is 0.178. The number of benzene rings is 2. The van der Waals surface area contributed by atoms with Crippen LogP contribution in [0.5, 0.6) is 17.2 Å². The van der Waals surface area contributed by atoms with Crippen molar-refractivity contribution in [2.24, 2.45) is 0 Å². The van der Waals surface area contributed by atoms with Crippen molar-refractivity contribution in [3.63, 3.8) is 0 Å². The number of ether oxygens (including phenoxy) is 3. The molecule has 1 aromatic heterocycles. The monoisotopic (exact) mass is 326 g/mol. The first-order valence-electron chi connectivity index (χ1n) is 7.09. The summed E-state index contributed by atoms with van der Waals surface area (Å²) in [7, 11) is 2.91. The van der Waals surface area contributed by atoms with Gasteiger partial charge in [-0.15, -0.1) is 0 Å². The Kier molecular flexibility index (Phi) is 4.20. The van der Waals surface area contributed by atoms with Crippen LogP contribution in [-0.2, 0) is 0 Å². The topological polar surface area (TPSA) is 75.0 Å². The zero-order valence-electron chi connectivity index (χ0n) is 13.1. The maximum atomic E-state index is 12.5. The van der Waals surface area contributed by atoms with Crippen molar-refractivity contribution in [1.82, 2.24) is 0 Å². The molecule has 2 aromatic carbocycles. The molecule has 0 unspecified atom stereocenters. The lowest BCUT2D eigenvalue weighted by molar-refractivity contribution is 0.0728. The fourth-order valence-electron chi connectivity index (χ4n) is 2.31. The van der Waals surface area contributed by atoms with Gasteiger partial charge in [0.1, 0.15) is 28.4 Å². The van der Waals surface area contributed by atoms with E-state index in [0.29, 0.717) is 17.1 Å². The van der Waals surface area contributed by atoms with Gasteiger partial charge in [0.25, 0.3) is 0 Å². The first-order chi connectivity index (χ1) is 11.6. The van der Waals surface area contributed by atoms with Gasteiger partial charge in [0.15, 0.2) is 0 Å². The van der Waals surface area contributed by atoms with Crippen molar-refractivity contribution < 1.29 is 23.4 Å². The van der Waals surface area contributed by atoms with E-state index >= 15 is 0 Å². The highest BCUT2D eigenvalue weighted by Gasteiger charge is 2.20. The second-order valence-corrected chi connectivity index (χ2v) is 4.88. The highest BCUT2D eigenvalue weighted by atomic mass is 16.5. The van der Waals surface area contributed by atoms with E-state index in [1.165, 1.54) is 26.4 Å². The molecule has 0 saturated carbocycles. The van der Waals surface area contributed by atoms with Crippen molar-refractivity contribution in [1.29, 1.82) is 0 Å². The number of fused-ring (bicyclic) bond motifs is 1. The molecule has 24 heavy (non-hydrogen) atoms. The standard InChI is InChI=1S/C18H14O6/c1-21-13-4-3-5-14(22-2)17(13)18(20)23-12-8-6-11-7-9-16(19)24-15(11)10-12/h3-10H,1-2H3. The van der Waals surface area contributed by atoms with Crippen LogP contribution < -0.4 is 19.8 Å². The second-order valence-electron chi connectivity index (χ2n) is 4.88. The minimum atomic E-state index is -0.637. The summed E-state index contributed by atoms with van der Waals surface area (Å²) in [6.07, 6.45) is 0. The molecule has 0 fully saturated rings. The quantitative estimate of drug-likeness (QED) is 0.417. The van der Waals surface area contributed by atoms with Crippen molar-refractivity contribution in [2.45, 2.75) is 0 Å². The fraction of sp³-hybridized carbons (Fsp3) is 0.111.